The summed E-state index contributed by atoms with van der Waals surface area (Å²) < 4.78 is 10.9. The highest BCUT2D eigenvalue weighted by Gasteiger charge is 2.22. The number of nitrogens with two attached hydrogens (primary N) is 1. The molecule has 0 heterocycles. The van der Waals surface area contributed by atoms with Crippen molar-refractivity contribution in [2.45, 2.75) is 24.8 Å². The van der Waals surface area contributed by atoms with E-state index in [9.17, 15) is 10.2 Å². The van der Waals surface area contributed by atoms with Crippen LogP contribution in [0.4, 0.5) is 0 Å². The molecule has 0 aliphatic rings. The zero-order valence-electron chi connectivity index (χ0n) is 14.6. The maximum Gasteiger partial charge on any atom is 0.119 e. The van der Waals surface area contributed by atoms with Gasteiger partial charge < -0.3 is 25.4 Å². The molecule has 0 saturated carbocycles. The molecule has 0 aliphatic heterocycles. The van der Waals surface area contributed by atoms with Crippen molar-refractivity contribution in [3.63, 3.8) is 0 Å². The van der Waals surface area contributed by atoms with E-state index >= 15 is 0 Å². The number of hydrogen-bond donors (Lipinski definition) is 3. The summed E-state index contributed by atoms with van der Waals surface area (Å²) in [5.41, 5.74) is 7.25. The molecule has 0 amide bonds. The number of aliphatic hydroxyl groups excluding tert-OH is 2. The molecule has 2 aromatic carbocycles. The van der Waals surface area contributed by atoms with Gasteiger partial charge in [-0.15, -0.1) is 0 Å². The Labute approximate surface area is 149 Å². The van der Waals surface area contributed by atoms with Crippen molar-refractivity contribution in [3.05, 3.63) is 59.7 Å². The summed E-state index contributed by atoms with van der Waals surface area (Å²) in [6.45, 7) is 0.152. The summed E-state index contributed by atoms with van der Waals surface area (Å²) in [6.07, 6.45) is 2.05. The lowest BCUT2D eigenvalue weighted by atomic mass is 9.94. The summed E-state index contributed by atoms with van der Waals surface area (Å²) in [4.78, 5) is 0. The number of hydrogen-bond acceptors (Lipinski definition) is 5. The molecule has 2 aromatic rings. The molecule has 0 bridgehead atoms. The average Bonchev–Trinajstić information content (AvgIpc) is 2.67. The van der Waals surface area contributed by atoms with Gasteiger partial charge in [-0.3, -0.25) is 0 Å². The summed E-state index contributed by atoms with van der Waals surface area (Å²) in [7, 11) is 1.66. The second-order valence-corrected chi connectivity index (χ2v) is 6.27. The van der Waals surface area contributed by atoms with E-state index in [1.54, 1.807) is 7.11 Å². The van der Waals surface area contributed by atoms with Crippen LogP contribution in [0.5, 0.6) is 11.5 Å². The van der Waals surface area contributed by atoms with E-state index in [2.05, 4.69) is 0 Å². The maximum absolute atomic E-state index is 9.22. The molecule has 0 saturated heterocycles. The third kappa shape index (κ3) is 6.05. The Hall–Kier alpha value is -2.08. The summed E-state index contributed by atoms with van der Waals surface area (Å²) in [6, 6.07) is 15.8. The summed E-state index contributed by atoms with van der Waals surface area (Å²) >= 11 is 0. The molecule has 2 rings (SSSR count). The molecule has 0 unspecified atom stereocenters. The number of rotatable bonds is 10. The van der Waals surface area contributed by atoms with Gasteiger partial charge in [0.1, 0.15) is 11.5 Å². The van der Waals surface area contributed by atoms with Gasteiger partial charge >= 0.3 is 0 Å². The standard InChI is InChI=1S/C20H27NO4/c1-24-18-6-2-17(3-7-18)11-13-25-19-8-4-16(5-9-19)10-12-20(21,14-22)15-23/h2-9,22-23H,10-15,21H2,1H3. The molecule has 0 aromatic heterocycles. The second kappa shape index (κ2) is 9.42. The van der Waals surface area contributed by atoms with E-state index in [1.165, 1.54) is 5.56 Å². The number of aliphatic hydroxyl groups is 2. The number of ether oxygens (including phenoxy) is 2. The molecule has 0 atom stereocenters. The average molecular weight is 345 g/mol. The van der Waals surface area contributed by atoms with Gasteiger partial charge in [0.25, 0.3) is 0 Å². The predicted octanol–water partition coefficient (Wildman–Crippen LogP) is 1.93. The molecular formula is C20H27NO4. The van der Waals surface area contributed by atoms with Crippen LogP contribution >= 0.6 is 0 Å². The van der Waals surface area contributed by atoms with Gasteiger partial charge in [-0.2, -0.15) is 0 Å². The Morgan fingerprint density at radius 2 is 1.36 bits per heavy atom. The first-order valence-electron chi connectivity index (χ1n) is 8.44. The van der Waals surface area contributed by atoms with Gasteiger partial charge in [0.2, 0.25) is 0 Å². The maximum atomic E-state index is 9.22. The molecule has 5 heteroatoms. The predicted molar refractivity (Wildman–Crippen MR) is 98.0 cm³/mol. The zero-order valence-corrected chi connectivity index (χ0v) is 14.6. The molecule has 5 nitrogen and oxygen atoms in total. The van der Waals surface area contributed by atoms with Crippen molar-refractivity contribution in [2.75, 3.05) is 26.9 Å². The molecule has 0 spiro atoms. The van der Waals surface area contributed by atoms with E-state index < -0.39 is 5.54 Å². The van der Waals surface area contributed by atoms with Gasteiger partial charge in [0, 0.05) is 6.42 Å². The minimum atomic E-state index is -0.923. The lowest BCUT2D eigenvalue weighted by Gasteiger charge is -2.24. The molecule has 0 aliphatic carbocycles. The van der Waals surface area contributed by atoms with Crippen LogP contribution in [0.1, 0.15) is 17.5 Å². The number of methoxy groups -OCH3 is 1. The third-order valence-electron chi connectivity index (χ3n) is 4.28. The van der Waals surface area contributed by atoms with E-state index in [4.69, 9.17) is 15.2 Å². The monoisotopic (exact) mass is 345 g/mol. The summed E-state index contributed by atoms with van der Waals surface area (Å²) in [5.74, 6) is 1.67. The highest BCUT2D eigenvalue weighted by Crippen LogP contribution is 2.17. The molecule has 25 heavy (non-hydrogen) atoms. The van der Waals surface area contributed by atoms with Crippen molar-refractivity contribution in [1.82, 2.24) is 0 Å². The second-order valence-electron chi connectivity index (χ2n) is 6.27. The van der Waals surface area contributed by atoms with Crippen LogP contribution in [-0.2, 0) is 12.8 Å². The third-order valence-corrected chi connectivity index (χ3v) is 4.28. The Bertz CT molecular complexity index is 621. The normalized spacial score (nSPS) is 11.4. The largest absolute Gasteiger partial charge is 0.497 e. The van der Waals surface area contributed by atoms with Crippen molar-refractivity contribution < 1.29 is 19.7 Å². The Morgan fingerprint density at radius 3 is 1.88 bits per heavy atom. The van der Waals surface area contributed by atoms with Crippen molar-refractivity contribution in [2.24, 2.45) is 5.73 Å². The fourth-order valence-corrected chi connectivity index (χ4v) is 2.43. The van der Waals surface area contributed by atoms with E-state index in [0.29, 0.717) is 19.4 Å². The Kier molecular flexibility index (Phi) is 7.25. The van der Waals surface area contributed by atoms with Crippen LogP contribution in [0.25, 0.3) is 0 Å². The minimum Gasteiger partial charge on any atom is -0.497 e. The fraction of sp³-hybridized carbons (Fsp3) is 0.400. The van der Waals surface area contributed by atoms with E-state index in [0.717, 1.165) is 23.5 Å². The smallest absolute Gasteiger partial charge is 0.119 e. The van der Waals surface area contributed by atoms with Crippen LogP contribution in [0, 0.1) is 0 Å². The topological polar surface area (TPSA) is 84.9 Å². The lowest BCUT2D eigenvalue weighted by Crippen LogP contribution is -2.47. The molecule has 0 radical (unpaired) electrons. The van der Waals surface area contributed by atoms with Gasteiger partial charge in [-0.25, -0.2) is 0 Å². The van der Waals surface area contributed by atoms with Crippen molar-refractivity contribution >= 4 is 0 Å². The van der Waals surface area contributed by atoms with E-state index in [-0.39, 0.29) is 13.2 Å². The van der Waals surface area contributed by atoms with Gasteiger partial charge in [0.15, 0.2) is 0 Å². The molecule has 0 fully saturated rings. The van der Waals surface area contributed by atoms with Crippen LogP contribution in [-0.4, -0.2) is 42.7 Å². The SMILES string of the molecule is COc1ccc(CCOc2ccc(CCC(N)(CO)CO)cc2)cc1. The first kappa shape index (κ1) is 19.2. The van der Waals surface area contributed by atoms with Crippen molar-refractivity contribution in [1.29, 1.82) is 0 Å². The first-order valence-corrected chi connectivity index (χ1v) is 8.44. The van der Waals surface area contributed by atoms with Gasteiger partial charge in [-0.05, 0) is 48.2 Å². The van der Waals surface area contributed by atoms with Crippen LogP contribution in [0.2, 0.25) is 0 Å². The van der Waals surface area contributed by atoms with Crippen molar-refractivity contribution in [3.8, 4) is 11.5 Å². The fourth-order valence-electron chi connectivity index (χ4n) is 2.43. The molecule has 136 valence electrons. The van der Waals surface area contributed by atoms with E-state index in [1.807, 2.05) is 48.5 Å². The molecular weight excluding hydrogens is 318 g/mol. The Morgan fingerprint density at radius 1 is 0.840 bits per heavy atom. The number of benzene rings is 2. The van der Waals surface area contributed by atoms with Crippen LogP contribution in [0.3, 0.4) is 0 Å². The zero-order chi connectivity index (χ0) is 18.1. The highest BCUT2D eigenvalue weighted by molar-refractivity contribution is 5.29. The summed E-state index contributed by atoms with van der Waals surface area (Å²) in [5, 5.41) is 18.4. The molecule has 4 N–H and O–H groups in total. The number of aryl methyl sites for hydroxylation is 1. The first-order chi connectivity index (χ1) is 12.1. The van der Waals surface area contributed by atoms with Gasteiger partial charge in [-0.1, -0.05) is 24.3 Å². The highest BCUT2D eigenvalue weighted by atomic mass is 16.5. The quantitative estimate of drug-likeness (QED) is 0.613. The van der Waals surface area contributed by atoms with Gasteiger partial charge in [0.05, 0.1) is 32.5 Å². The Balaban J connectivity index is 1.77. The lowest BCUT2D eigenvalue weighted by molar-refractivity contribution is 0.115. The van der Waals surface area contributed by atoms with Crippen LogP contribution in [0.15, 0.2) is 48.5 Å². The van der Waals surface area contributed by atoms with Crippen LogP contribution < -0.4 is 15.2 Å². The minimum absolute atomic E-state index is 0.226.